The van der Waals surface area contributed by atoms with Gasteiger partial charge in [-0.1, -0.05) is 18.2 Å². The summed E-state index contributed by atoms with van der Waals surface area (Å²) >= 11 is 0. The Hall–Kier alpha value is -2.24. The van der Waals surface area contributed by atoms with Crippen LogP contribution in [0.15, 0.2) is 48.8 Å². The Balaban J connectivity index is 1.69. The minimum atomic E-state index is -0.384. The number of carbonyl (C=O) groups excluding carboxylic acids is 1. The minimum absolute atomic E-state index is 0.384. The maximum absolute atomic E-state index is 11.2. The number of carbonyl (C=O) groups is 1. The highest BCUT2D eigenvalue weighted by molar-refractivity contribution is 5.92. The molecule has 1 atom stereocenters. The van der Waals surface area contributed by atoms with Gasteiger partial charge in [-0.2, -0.15) is 0 Å². The molecule has 24 heavy (non-hydrogen) atoms. The molecule has 0 radical (unpaired) electrons. The van der Waals surface area contributed by atoms with Crippen molar-refractivity contribution >= 4 is 5.91 Å². The first-order valence-electron chi connectivity index (χ1n) is 8.41. The number of rotatable bonds is 7. The number of aromatic nitrogens is 1. The summed E-state index contributed by atoms with van der Waals surface area (Å²) in [5, 5.41) is 3.43. The fourth-order valence-electron chi connectivity index (χ4n) is 3.20. The molecule has 1 saturated heterocycles. The molecule has 0 bridgehead atoms. The summed E-state index contributed by atoms with van der Waals surface area (Å²) in [4.78, 5) is 17.9. The number of nitrogens with two attached hydrogens (primary N) is 1. The molecular formula is C19H24N4O. The highest BCUT2D eigenvalue weighted by Gasteiger charge is 2.18. The highest BCUT2D eigenvalue weighted by Crippen LogP contribution is 2.16. The van der Waals surface area contributed by atoms with E-state index in [9.17, 15) is 4.79 Å². The molecule has 5 heteroatoms. The van der Waals surface area contributed by atoms with Crippen LogP contribution in [0.25, 0.3) is 0 Å². The van der Waals surface area contributed by atoms with Crippen LogP contribution in [0.2, 0.25) is 0 Å². The first-order valence-corrected chi connectivity index (χ1v) is 8.41. The Kier molecular flexibility index (Phi) is 5.56. The SMILES string of the molecule is NC(=O)c1ccc(CN(Cc2cccnc2)C[C@H]2CCNC2)cc1. The Bertz CT molecular complexity index is 651. The zero-order valence-corrected chi connectivity index (χ0v) is 13.8. The molecule has 1 fully saturated rings. The van der Waals surface area contributed by atoms with Crippen molar-refractivity contribution in [3.05, 3.63) is 65.5 Å². The van der Waals surface area contributed by atoms with Crippen LogP contribution in [-0.4, -0.2) is 35.4 Å². The van der Waals surface area contributed by atoms with Crippen LogP contribution in [0.3, 0.4) is 0 Å². The lowest BCUT2D eigenvalue weighted by Crippen LogP contribution is -2.30. The number of nitrogens with zero attached hydrogens (tertiary/aromatic N) is 2. The number of benzene rings is 1. The molecule has 0 saturated carbocycles. The predicted molar refractivity (Wildman–Crippen MR) is 94.3 cm³/mol. The number of nitrogens with one attached hydrogen (secondary N) is 1. The second-order valence-electron chi connectivity index (χ2n) is 6.45. The quantitative estimate of drug-likeness (QED) is 0.814. The fraction of sp³-hybridized carbons (Fsp3) is 0.368. The zero-order chi connectivity index (χ0) is 16.8. The Labute approximate surface area is 142 Å². The van der Waals surface area contributed by atoms with Crippen LogP contribution in [-0.2, 0) is 13.1 Å². The van der Waals surface area contributed by atoms with Gasteiger partial charge in [-0.15, -0.1) is 0 Å². The van der Waals surface area contributed by atoms with E-state index in [1.807, 2.05) is 24.4 Å². The van der Waals surface area contributed by atoms with Gasteiger partial charge >= 0.3 is 0 Å². The van der Waals surface area contributed by atoms with E-state index in [-0.39, 0.29) is 5.91 Å². The third-order valence-corrected chi connectivity index (χ3v) is 4.45. The summed E-state index contributed by atoms with van der Waals surface area (Å²) in [6, 6.07) is 11.7. The van der Waals surface area contributed by atoms with Gasteiger partial charge in [0.25, 0.3) is 0 Å². The molecule has 2 aromatic rings. The lowest BCUT2D eigenvalue weighted by atomic mass is 10.1. The van der Waals surface area contributed by atoms with Gasteiger partial charge in [0.15, 0.2) is 0 Å². The smallest absolute Gasteiger partial charge is 0.248 e. The fourth-order valence-corrected chi connectivity index (χ4v) is 3.20. The standard InChI is InChI=1S/C19H24N4O/c20-19(24)18-5-3-15(4-6-18)12-23(14-17-7-9-22-11-17)13-16-2-1-8-21-10-16/h1-6,8,10,17,22H,7,9,11-14H2,(H2,20,24)/t17-/m0/s1. The van der Waals surface area contributed by atoms with Crippen LogP contribution in [0.5, 0.6) is 0 Å². The number of hydrogen-bond donors (Lipinski definition) is 2. The Morgan fingerprint density at radius 1 is 1.21 bits per heavy atom. The van der Waals surface area contributed by atoms with E-state index in [4.69, 9.17) is 5.73 Å². The zero-order valence-electron chi connectivity index (χ0n) is 13.8. The van der Waals surface area contributed by atoms with E-state index in [1.165, 1.54) is 17.5 Å². The maximum atomic E-state index is 11.2. The molecule has 1 amide bonds. The van der Waals surface area contributed by atoms with Crippen LogP contribution in [0.4, 0.5) is 0 Å². The molecule has 3 rings (SSSR count). The van der Waals surface area contributed by atoms with Crippen LogP contribution >= 0.6 is 0 Å². The largest absolute Gasteiger partial charge is 0.366 e. The minimum Gasteiger partial charge on any atom is -0.366 e. The summed E-state index contributed by atoms with van der Waals surface area (Å²) in [7, 11) is 0. The molecule has 1 aromatic carbocycles. The molecule has 0 unspecified atom stereocenters. The predicted octanol–water partition coefficient (Wildman–Crippen LogP) is 1.79. The van der Waals surface area contributed by atoms with Crippen molar-refractivity contribution < 1.29 is 4.79 Å². The number of primary amides is 1. The molecule has 2 heterocycles. The van der Waals surface area contributed by atoms with Crippen molar-refractivity contribution in [1.82, 2.24) is 15.2 Å². The Morgan fingerprint density at radius 3 is 2.62 bits per heavy atom. The summed E-state index contributed by atoms with van der Waals surface area (Å²) in [5.41, 5.74) is 8.28. The second-order valence-corrected chi connectivity index (χ2v) is 6.45. The van der Waals surface area contributed by atoms with E-state index in [1.54, 1.807) is 18.3 Å². The third-order valence-electron chi connectivity index (χ3n) is 4.45. The van der Waals surface area contributed by atoms with Gasteiger partial charge in [0.05, 0.1) is 0 Å². The maximum Gasteiger partial charge on any atom is 0.248 e. The first-order chi connectivity index (χ1) is 11.7. The molecule has 3 N–H and O–H groups in total. The molecule has 1 aliphatic rings. The Morgan fingerprint density at radius 2 is 2.00 bits per heavy atom. The summed E-state index contributed by atoms with van der Waals surface area (Å²) in [5.74, 6) is 0.303. The lowest BCUT2D eigenvalue weighted by Gasteiger charge is -2.25. The van der Waals surface area contributed by atoms with E-state index in [2.05, 4.69) is 21.3 Å². The first kappa shape index (κ1) is 16.6. The third kappa shape index (κ3) is 4.63. The van der Waals surface area contributed by atoms with Gasteiger partial charge in [0.2, 0.25) is 5.91 Å². The van der Waals surface area contributed by atoms with E-state index < -0.39 is 0 Å². The highest BCUT2D eigenvalue weighted by atomic mass is 16.1. The summed E-state index contributed by atoms with van der Waals surface area (Å²) < 4.78 is 0. The van der Waals surface area contributed by atoms with Crippen molar-refractivity contribution in [2.75, 3.05) is 19.6 Å². The van der Waals surface area contributed by atoms with Gasteiger partial charge < -0.3 is 11.1 Å². The van der Waals surface area contributed by atoms with Gasteiger partial charge in [0.1, 0.15) is 0 Å². The van der Waals surface area contributed by atoms with Crippen molar-refractivity contribution in [2.45, 2.75) is 19.5 Å². The van der Waals surface area contributed by atoms with Crippen LogP contribution in [0, 0.1) is 5.92 Å². The van der Waals surface area contributed by atoms with Gasteiger partial charge in [0, 0.05) is 37.6 Å². The van der Waals surface area contributed by atoms with Gasteiger partial charge in [-0.05, 0) is 54.8 Å². The van der Waals surface area contributed by atoms with E-state index in [0.29, 0.717) is 11.5 Å². The molecule has 5 nitrogen and oxygen atoms in total. The normalized spacial score (nSPS) is 17.3. The van der Waals surface area contributed by atoms with E-state index >= 15 is 0 Å². The van der Waals surface area contributed by atoms with Gasteiger partial charge in [-0.3, -0.25) is 14.7 Å². The molecule has 0 spiro atoms. The molecule has 1 aliphatic heterocycles. The lowest BCUT2D eigenvalue weighted by molar-refractivity contribution is 0.100. The topological polar surface area (TPSA) is 71.2 Å². The number of hydrogen-bond acceptors (Lipinski definition) is 4. The van der Waals surface area contributed by atoms with Crippen LogP contribution < -0.4 is 11.1 Å². The molecule has 1 aromatic heterocycles. The molecule has 0 aliphatic carbocycles. The number of pyridine rings is 1. The summed E-state index contributed by atoms with van der Waals surface area (Å²) in [6.07, 6.45) is 4.96. The van der Waals surface area contributed by atoms with Crippen molar-refractivity contribution in [2.24, 2.45) is 11.7 Å². The summed E-state index contributed by atoms with van der Waals surface area (Å²) in [6.45, 7) is 4.98. The van der Waals surface area contributed by atoms with Crippen molar-refractivity contribution in [3.63, 3.8) is 0 Å². The van der Waals surface area contributed by atoms with Crippen LogP contribution in [0.1, 0.15) is 27.9 Å². The van der Waals surface area contributed by atoms with Crippen molar-refractivity contribution in [3.8, 4) is 0 Å². The van der Waals surface area contributed by atoms with E-state index in [0.717, 1.165) is 32.7 Å². The average molecular weight is 324 g/mol. The number of amides is 1. The molecule has 126 valence electrons. The van der Waals surface area contributed by atoms with Gasteiger partial charge in [-0.25, -0.2) is 0 Å². The monoisotopic (exact) mass is 324 g/mol. The average Bonchev–Trinajstić information content (AvgIpc) is 3.09. The van der Waals surface area contributed by atoms with Crippen molar-refractivity contribution in [1.29, 1.82) is 0 Å². The second kappa shape index (κ2) is 8.04. The molecular weight excluding hydrogens is 300 g/mol.